The number of carbonyl (C=O) groups is 1. The summed E-state index contributed by atoms with van der Waals surface area (Å²) in [6, 6.07) is 2.77. The summed E-state index contributed by atoms with van der Waals surface area (Å²) in [7, 11) is 0. The molecule has 0 radical (unpaired) electrons. The van der Waals surface area contributed by atoms with E-state index in [1.54, 1.807) is 34.6 Å². The van der Waals surface area contributed by atoms with Gasteiger partial charge in [0.1, 0.15) is 0 Å². The average Bonchev–Trinajstić information content (AvgIpc) is 3.17. The van der Waals surface area contributed by atoms with Gasteiger partial charge in [0.15, 0.2) is 23.0 Å². The van der Waals surface area contributed by atoms with Crippen LogP contribution in [-0.2, 0) is 17.6 Å². The molecule has 0 unspecified atom stereocenters. The number of benzene rings is 1. The third-order valence-corrected chi connectivity index (χ3v) is 5.64. The molecule has 8 nitrogen and oxygen atoms in total. The second-order valence-corrected chi connectivity index (χ2v) is 10.1. The highest BCUT2D eigenvalue weighted by atomic mass is 19.4. The quantitative estimate of drug-likeness (QED) is 0.367. The highest BCUT2D eigenvalue weighted by molar-refractivity contribution is 5.79. The van der Waals surface area contributed by atoms with Crippen molar-refractivity contribution in [1.82, 2.24) is 14.6 Å². The van der Waals surface area contributed by atoms with E-state index in [9.17, 15) is 27.5 Å². The Labute approximate surface area is 217 Å². The molecular formula is C26H32F4N4O4. The molecule has 0 fully saturated rings. The molecule has 38 heavy (non-hydrogen) atoms. The third kappa shape index (κ3) is 7.33. The third-order valence-electron chi connectivity index (χ3n) is 5.64. The van der Waals surface area contributed by atoms with Crippen molar-refractivity contribution in [2.24, 2.45) is 0 Å². The van der Waals surface area contributed by atoms with E-state index in [-0.39, 0.29) is 24.5 Å². The van der Waals surface area contributed by atoms with E-state index < -0.39 is 30.0 Å². The maximum absolute atomic E-state index is 15.0. The van der Waals surface area contributed by atoms with Crippen molar-refractivity contribution < 1.29 is 37.3 Å². The zero-order valence-corrected chi connectivity index (χ0v) is 22.0. The number of hydrogen-bond acceptors (Lipinski definition) is 6. The van der Waals surface area contributed by atoms with Crippen molar-refractivity contribution in [3.05, 3.63) is 40.3 Å². The lowest BCUT2D eigenvalue weighted by atomic mass is 9.91. The van der Waals surface area contributed by atoms with Gasteiger partial charge in [0.2, 0.25) is 0 Å². The molecule has 1 aromatic carbocycles. The number of aliphatic hydroxyl groups is 1. The molecule has 0 aliphatic carbocycles. The van der Waals surface area contributed by atoms with Gasteiger partial charge in [-0.25, -0.2) is 13.9 Å². The fourth-order valence-electron chi connectivity index (χ4n) is 4.12. The number of halogens is 4. The molecule has 1 aliphatic rings. The molecule has 0 amide bonds. The molecule has 4 rings (SSSR count). The van der Waals surface area contributed by atoms with Crippen molar-refractivity contribution in [3.63, 3.8) is 0 Å². The summed E-state index contributed by atoms with van der Waals surface area (Å²) in [4.78, 5) is 16.0. The monoisotopic (exact) mass is 540 g/mol. The van der Waals surface area contributed by atoms with Crippen LogP contribution in [0.1, 0.15) is 56.0 Å². The Bertz CT molecular complexity index is 1320. The number of nitrogens with zero attached hydrogens (tertiary/aromatic N) is 3. The molecule has 3 heterocycles. The summed E-state index contributed by atoms with van der Waals surface area (Å²) >= 11 is 0. The molecule has 208 valence electrons. The first kappa shape index (κ1) is 29.2. The summed E-state index contributed by atoms with van der Waals surface area (Å²) < 4.78 is 59.4. The number of alkyl halides is 3. The zero-order chi connectivity index (χ0) is 28.4. The van der Waals surface area contributed by atoms with E-state index in [1.807, 2.05) is 0 Å². The Kier molecular flexibility index (Phi) is 8.55. The number of ether oxygens (including phenoxy) is 1. The summed E-state index contributed by atoms with van der Waals surface area (Å²) in [5, 5.41) is 25.0. The number of aromatic nitrogens is 3. The van der Waals surface area contributed by atoms with E-state index in [0.717, 1.165) is 12.0 Å². The van der Waals surface area contributed by atoms with E-state index in [4.69, 9.17) is 9.84 Å². The summed E-state index contributed by atoms with van der Waals surface area (Å²) in [6.07, 6.45) is -4.41. The van der Waals surface area contributed by atoms with Crippen LogP contribution in [0.5, 0.6) is 5.75 Å². The minimum absolute atomic E-state index is 0.152. The number of carboxylic acid groups (broad SMARTS) is 1. The van der Waals surface area contributed by atoms with Gasteiger partial charge in [-0.05, 0) is 59.1 Å². The van der Waals surface area contributed by atoms with Gasteiger partial charge in [-0.1, -0.05) is 0 Å². The molecule has 0 spiro atoms. The number of carboxylic acids is 1. The molecular weight excluding hydrogens is 508 g/mol. The van der Waals surface area contributed by atoms with Crippen molar-refractivity contribution in [2.75, 3.05) is 18.5 Å². The summed E-state index contributed by atoms with van der Waals surface area (Å²) in [5.41, 5.74) is 2.78. The van der Waals surface area contributed by atoms with Gasteiger partial charge in [0.25, 0.3) is 0 Å². The van der Waals surface area contributed by atoms with Crippen LogP contribution in [0.15, 0.2) is 12.1 Å². The molecule has 0 atom stereocenters. The number of anilines is 1. The maximum atomic E-state index is 15.0. The highest BCUT2D eigenvalue weighted by Gasteiger charge is 2.28. The number of fused-ring (bicyclic) bond motifs is 2. The topological polar surface area (TPSA) is 109 Å². The Morgan fingerprint density at radius 1 is 1.21 bits per heavy atom. The van der Waals surface area contributed by atoms with Crippen LogP contribution >= 0.6 is 0 Å². The van der Waals surface area contributed by atoms with Crippen LogP contribution in [0.25, 0.3) is 16.9 Å². The average molecular weight is 541 g/mol. The molecule has 3 aromatic rings. The van der Waals surface area contributed by atoms with Gasteiger partial charge in [-0.3, -0.25) is 4.79 Å². The van der Waals surface area contributed by atoms with E-state index in [1.165, 1.54) is 16.6 Å². The fourth-order valence-corrected chi connectivity index (χ4v) is 4.12. The normalized spacial score (nSPS) is 13.4. The van der Waals surface area contributed by atoms with Crippen LogP contribution in [0, 0.1) is 19.7 Å². The number of rotatable bonds is 6. The van der Waals surface area contributed by atoms with Crippen molar-refractivity contribution in [2.45, 2.75) is 72.1 Å². The van der Waals surface area contributed by atoms with Crippen LogP contribution in [0.2, 0.25) is 0 Å². The number of aryl methyl sites for hydroxylation is 1. The van der Waals surface area contributed by atoms with Crippen LogP contribution in [-0.4, -0.2) is 55.7 Å². The maximum Gasteiger partial charge on any atom is 0.390 e. The van der Waals surface area contributed by atoms with E-state index in [2.05, 4.69) is 15.4 Å². The first-order valence-electron chi connectivity index (χ1n) is 12.1. The minimum atomic E-state index is -4.32. The van der Waals surface area contributed by atoms with Gasteiger partial charge in [-0.15, -0.1) is 5.10 Å². The van der Waals surface area contributed by atoms with Gasteiger partial charge in [-0.2, -0.15) is 13.2 Å². The molecule has 0 bridgehead atoms. The second-order valence-electron chi connectivity index (χ2n) is 10.1. The minimum Gasteiger partial charge on any atom is -0.490 e. The smallest absolute Gasteiger partial charge is 0.390 e. The molecule has 0 saturated carbocycles. The predicted octanol–water partition coefficient (Wildman–Crippen LogP) is 5.25. The Morgan fingerprint density at radius 2 is 1.87 bits per heavy atom. The van der Waals surface area contributed by atoms with Crippen molar-refractivity contribution in [3.8, 4) is 17.0 Å². The standard InChI is InChI=1S/C22H22F4N4O3.C4H10O/c1-11-13-4-3-7-33-21(13)16(23)8-14(11)20-15(9-19(31)32)12(2)28-18-10-17(29-30(18)20)27-6-5-22(24,25)26;1-4(2,3)5/h8,10H,3-7,9H2,1-2H3,(H,27,29)(H,31,32);5H,1-3H3. The van der Waals surface area contributed by atoms with Gasteiger partial charge in [0.05, 0.1) is 30.7 Å². The Hall–Kier alpha value is -3.41. The molecule has 1 aliphatic heterocycles. The SMILES string of the molecule is CC(C)(C)O.Cc1nc2cc(NCCC(F)(F)F)nn2c(-c2cc(F)c3c(c2C)CCCO3)c1CC(=O)O. The van der Waals surface area contributed by atoms with Crippen molar-refractivity contribution >= 4 is 17.4 Å². The lowest BCUT2D eigenvalue weighted by molar-refractivity contribution is -0.136. The highest BCUT2D eigenvalue weighted by Crippen LogP contribution is 2.39. The molecule has 12 heteroatoms. The molecule has 3 N–H and O–H groups in total. The predicted molar refractivity (Wildman–Crippen MR) is 134 cm³/mol. The van der Waals surface area contributed by atoms with E-state index >= 15 is 0 Å². The number of aliphatic carboxylic acids is 1. The van der Waals surface area contributed by atoms with Crippen LogP contribution in [0.4, 0.5) is 23.4 Å². The van der Waals surface area contributed by atoms with Gasteiger partial charge >= 0.3 is 12.1 Å². The number of hydrogen-bond donors (Lipinski definition) is 3. The van der Waals surface area contributed by atoms with Crippen LogP contribution in [0.3, 0.4) is 0 Å². The van der Waals surface area contributed by atoms with Gasteiger partial charge in [0, 0.05) is 35.0 Å². The van der Waals surface area contributed by atoms with Gasteiger partial charge < -0.3 is 20.3 Å². The lowest BCUT2D eigenvalue weighted by Gasteiger charge is -2.23. The number of nitrogens with one attached hydrogen (secondary N) is 1. The largest absolute Gasteiger partial charge is 0.490 e. The Morgan fingerprint density at radius 3 is 2.47 bits per heavy atom. The first-order chi connectivity index (χ1) is 17.5. The summed E-state index contributed by atoms with van der Waals surface area (Å²) in [6.45, 7) is 8.71. The molecule has 2 aromatic heterocycles. The second kappa shape index (κ2) is 11.1. The fraction of sp³-hybridized carbons (Fsp3) is 0.500. The van der Waals surface area contributed by atoms with Crippen molar-refractivity contribution in [1.29, 1.82) is 0 Å². The Balaban J connectivity index is 0.000000732. The first-order valence-corrected chi connectivity index (χ1v) is 12.1. The molecule has 0 saturated heterocycles. The summed E-state index contributed by atoms with van der Waals surface area (Å²) in [5.74, 6) is -1.32. The lowest BCUT2D eigenvalue weighted by Crippen LogP contribution is -2.15. The van der Waals surface area contributed by atoms with E-state index in [0.29, 0.717) is 46.8 Å². The zero-order valence-electron chi connectivity index (χ0n) is 22.0. The van der Waals surface area contributed by atoms with Crippen LogP contribution < -0.4 is 10.1 Å².